The van der Waals surface area contributed by atoms with Crippen LogP contribution in [0.15, 0.2) is 41.4 Å². The molecule has 26 heavy (non-hydrogen) atoms. The Kier molecular flexibility index (Phi) is 5.67. The standard InChI is InChI=1S/C19H14Cl2N2O2S/c1-3-10-23-17-15(25-4-2)6-5-7-16(17)26-19(23)22-18(24)13-9-8-12(20)11-14(13)21/h1,5-9,11H,4,10H2,2H3. The lowest BCUT2D eigenvalue weighted by atomic mass is 10.2. The van der Waals surface area contributed by atoms with E-state index in [1.165, 1.54) is 17.4 Å². The van der Waals surface area contributed by atoms with Crippen molar-refractivity contribution < 1.29 is 9.53 Å². The van der Waals surface area contributed by atoms with Crippen molar-refractivity contribution in [2.75, 3.05) is 6.61 Å². The third-order valence-corrected chi connectivity index (χ3v) is 5.16. The fraction of sp³-hybridized carbons (Fsp3) is 0.158. The fourth-order valence-corrected chi connectivity index (χ4v) is 4.04. The quantitative estimate of drug-likeness (QED) is 0.587. The summed E-state index contributed by atoms with van der Waals surface area (Å²) >= 11 is 13.4. The van der Waals surface area contributed by atoms with Gasteiger partial charge < -0.3 is 9.30 Å². The summed E-state index contributed by atoms with van der Waals surface area (Å²) in [6.07, 6.45) is 5.52. The van der Waals surface area contributed by atoms with Gasteiger partial charge in [-0.05, 0) is 37.3 Å². The van der Waals surface area contributed by atoms with E-state index >= 15 is 0 Å². The van der Waals surface area contributed by atoms with Gasteiger partial charge in [0.05, 0.1) is 28.4 Å². The average Bonchev–Trinajstić information content (AvgIpc) is 2.94. The molecule has 2 aromatic carbocycles. The number of amides is 1. The van der Waals surface area contributed by atoms with Gasteiger partial charge in [0.15, 0.2) is 4.80 Å². The summed E-state index contributed by atoms with van der Waals surface area (Å²) in [5, 5.41) is 0.711. The van der Waals surface area contributed by atoms with Crippen LogP contribution in [0.1, 0.15) is 17.3 Å². The molecule has 7 heteroatoms. The summed E-state index contributed by atoms with van der Waals surface area (Å²) in [4.78, 5) is 17.3. The molecule has 3 aromatic rings. The molecule has 0 spiro atoms. The van der Waals surface area contributed by atoms with Crippen molar-refractivity contribution in [1.82, 2.24) is 4.57 Å². The van der Waals surface area contributed by atoms with E-state index in [9.17, 15) is 4.79 Å². The Morgan fingerprint density at radius 3 is 2.85 bits per heavy atom. The maximum absolute atomic E-state index is 12.6. The van der Waals surface area contributed by atoms with Gasteiger partial charge >= 0.3 is 0 Å². The van der Waals surface area contributed by atoms with Gasteiger partial charge in [-0.15, -0.1) is 6.42 Å². The minimum atomic E-state index is -0.457. The Morgan fingerprint density at radius 1 is 1.35 bits per heavy atom. The van der Waals surface area contributed by atoms with Crippen LogP contribution >= 0.6 is 34.5 Å². The minimum absolute atomic E-state index is 0.255. The van der Waals surface area contributed by atoms with E-state index < -0.39 is 5.91 Å². The van der Waals surface area contributed by atoms with Crippen molar-refractivity contribution in [1.29, 1.82) is 0 Å². The van der Waals surface area contributed by atoms with Crippen LogP contribution < -0.4 is 9.54 Å². The van der Waals surface area contributed by atoms with Crippen molar-refractivity contribution in [2.24, 2.45) is 4.99 Å². The molecule has 0 unspecified atom stereocenters. The van der Waals surface area contributed by atoms with Gasteiger partial charge in [-0.3, -0.25) is 4.79 Å². The van der Waals surface area contributed by atoms with Gasteiger partial charge in [0.25, 0.3) is 5.91 Å². The number of carbonyl (C=O) groups excluding carboxylic acids is 1. The molecule has 1 amide bonds. The van der Waals surface area contributed by atoms with Gasteiger partial charge in [-0.25, -0.2) is 0 Å². The van der Waals surface area contributed by atoms with E-state index in [2.05, 4.69) is 10.9 Å². The predicted molar refractivity (Wildman–Crippen MR) is 106 cm³/mol. The number of carbonyl (C=O) groups is 1. The van der Waals surface area contributed by atoms with Crippen LogP contribution in [0.2, 0.25) is 10.0 Å². The number of nitrogens with zero attached hydrogens (tertiary/aromatic N) is 2. The second kappa shape index (κ2) is 7.96. The number of hydrogen-bond donors (Lipinski definition) is 0. The zero-order valence-electron chi connectivity index (χ0n) is 13.8. The molecule has 0 aliphatic carbocycles. The Hall–Kier alpha value is -2.26. The third-order valence-electron chi connectivity index (χ3n) is 3.57. The van der Waals surface area contributed by atoms with Crippen molar-refractivity contribution in [3.63, 3.8) is 0 Å². The molecule has 0 aliphatic heterocycles. The van der Waals surface area contributed by atoms with Crippen molar-refractivity contribution >= 4 is 50.7 Å². The number of ether oxygens (including phenoxy) is 1. The highest BCUT2D eigenvalue weighted by Gasteiger charge is 2.14. The molecule has 0 bridgehead atoms. The lowest BCUT2D eigenvalue weighted by molar-refractivity contribution is 0.0998. The Balaban J connectivity index is 2.19. The van der Waals surface area contributed by atoms with Crippen molar-refractivity contribution in [2.45, 2.75) is 13.5 Å². The highest BCUT2D eigenvalue weighted by Crippen LogP contribution is 2.28. The van der Waals surface area contributed by atoms with Crippen molar-refractivity contribution in [3.8, 4) is 18.1 Å². The molecule has 1 heterocycles. The molecule has 0 aliphatic rings. The van der Waals surface area contributed by atoms with E-state index in [1.807, 2.05) is 25.1 Å². The minimum Gasteiger partial charge on any atom is -0.492 e. The first kappa shape index (κ1) is 18.5. The second-order valence-electron chi connectivity index (χ2n) is 5.25. The molecule has 0 N–H and O–H groups in total. The van der Waals surface area contributed by atoms with Gasteiger partial charge in [0.2, 0.25) is 0 Å². The lowest BCUT2D eigenvalue weighted by Crippen LogP contribution is -2.17. The maximum Gasteiger partial charge on any atom is 0.281 e. The number of terminal acetylenes is 1. The van der Waals surface area contributed by atoms with Crippen LogP contribution in [-0.2, 0) is 6.54 Å². The highest BCUT2D eigenvalue weighted by molar-refractivity contribution is 7.16. The third kappa shape index (κ3) is 3.63. The van der Waals surface area contributed by atoms with Gasteiger partial charge in [-0.1, -0.05) is 46.5 Å². The summed E-state index contributed by atoms with van der Waals surface area (Å²) in [5.41, 5.74) is 1.11. The molecule has 4 nitrogen and oxygen atoms in total. The van der Waals surface area contributed by atoms with E-state index in [-0.39, 0.29) is 17.1 Å². The van der Waals surface area contributed by atoms with Gasteiger partial charge in [0, 0.05) is 5.02 Å². The summed E-state index contributed by atoms with van der Waals surface area (Å²) in [5.74, 6) is 2.85. The fourth-order valence-electron chi connectivity index (χ4n) is 2.50. The zero-order valence-corrected chi connectivity index (χ0v) is 16.2. The molecule has 0 saturated carbocycles. The Bertz CT molecular complexity index is 1090. The lowest BCUT2D eigenvalue weighted by Gasteiger charge is -2.07. The van der Waals surface area contributed by atoms with E-state index in [4.69, 9.17) is 34.4 Å². The summed E-state index contributed by atoms with van der Waals surface area (Å²) in [6.45, 7) is 2.70. The molecule has 3 rings (SSSR count). The number of hydrogen-bond acceptors (Lipinski definition) is 3. The number of aromatic nitrogens is 1. The van der Waals surface area contributed by atoms with Gasteiger partial charge in [0.1, 0.15) is 11.3 Å². The first-order chi connectivity index (χ1) is 12.5. The van der Waals surface area contributed by atoms with Crippen LogP contribution in [-0.4, -0.2) is 17.1 Å². The molecule has 0 saturated heterocycles. The first-order valence-electron chi connectivity index (χ1n) is 7.78. The van der Waals surface area contributed by atoms with Crippen LogP contribution in [0.25, 0.3) is 10.2 Å². The molecule has 1 aromatic heterocycles. The summed E-state index contributed by atoms with van der Waals surface area (Å²) in [7, 11) is 0. The van der Waals surface area contributed by atoms with Crippen LogP contribution in [0.3, 0.4) is 0 Å². The van der Waals surface area contributed by atoms with Crippen LogP contribution in [0, 0.1) is 12.3 Å². The molecule has 0 fully saturated rings. The van der Waals surface area contributed by atoms with Crippen molar-refractivity contribution in [3.05, 3.63) is 56.8 Å². The Labute approximate surface area is 164 Å². The van der Waals surface area contributed by atoms with Crippen LogP contribution in [0.4, 0.5) is 0 Å². The van der Waals surface area contributed by atoms with E-state index in [0.717, 1.165) is 10.2 Å². The number of halogens is 2. The molecular formula is C19H14Cl2N2O2S. The number of rotatable bonds is 4. The zero-order chi connectivity index (χ0) is 18.7. The maximum atomic E-state index is 12.6. The van der Waals surface area contributed by atoms with Gasteiger partial charge in [-0.2, -0.15) is 4.99 Å². The average molecular weight is 405 g/mol. The number of benzene rings is 2. The molecule has 0 atom stereocenters. The largest absolute Gasteiger partial charge is 0.492 e. The number of thiazole rings is 1. The Morgan fingerprint density at radius 2 is 2.15 bits per heavy atom. The molecular weight excluding hydrogens is 391 g/mol. The summed E-state index contributed by atoms with van der Waals surface area (Å²) < 4.78 is 8.43. The highest BCUT2D eigenvalue weighted by atomic mass is 35.5. The normalized spacial score (nSPS) is 11.5. The van der Waals surface area contributed by atoms with E-state index in [1.54, 1.807) is 16.7 Å². The smallest absolute Gasteiger partial charge is 0.281 e. The first-order valence-corrected chi connectivity index (χ1v) is 9.35. The van der Waals surface area contributed by atoms with E-state index in [0.29, 0.717) is 22.2 Å². The molecule has 0 radical (unpaired) electrons. The molecule has 132 valence electrons. The topological polar surface area (TPSA) is 43.6 Å². The second-order valence-corrected chi connectivity index (χ2v) is 7.10. The number of fused-ring (bicyclic) bond motifs is 1. The number of para-hydroxylation sites is 1. The SMILES string of the molecule is C#CCn1c(=NC(=O)c2ccc(Cl)cc2Cl)sc2cccc(OCC)c21. The van der Waals surface area contributed by atoms with Crippen LogP contribution in [0.5, 0.6) is 5.75 Å². The monoisotopic (exact) mass is 404 g/mol. The summed E-state index contributed by atoms with van der Waals surface area (Å²) in [6, 6.07) is 10.4. The predicted octanol–water partition coefficient (Wildman–Crippen LogP) is 4.78.